The molecule has 0 fully saturated rings. The number of nitrogens with one attached hydrogen (secondary N) is 1. The van der Waals surface area contributed by atoms with Crippen LogP contribution in [0.1, 0.15) is 18.1 Å². The van der Waals surface area contributed by atoms with Crippen LogP contribution in [0.3, 0.4) is 0 Å². The molecule has 0 saturated carbocycles. The van der Waals surface area contributed by atoms with Crippen molar-refractivity contribution in [3.63, 3.8) is 0 Å². The summed E-state index contributed by atoms with van der Waals surface area (Å²) in [5.74, 6) is -0.453. The first-order valence-corrected chi connectivity index (χ1v) is 9.29. The second kappa shape index (κ2) is 11.4. The van der Waals surface area contributed by atoms with Crippen molar-refractivity contribution >= 4 is 23.7 Å². The number of benzene rings is 1. The van der Waals surface area contributed by atoms with Crippen LogP contribution in [0.5, 0.6) is 5.75 Å². The van der Waals surface area contributed by atoms with Gasteiger partial charge in [-0.15, -0.1) is 0 Å². The van der Waals surface area contributed by atoms with Gasteiger partial charge in [0.05, 0.1) is 13.5 Å². The molecule has 2 rings (SSSR count). The number of ether oxygens (including phenoxy) is 3. The molecule has 2 aromatic rings. The van der Waals surface area contributed by atoms with E-state index in [0.29, 0.717) is 23.6 Å². The van der Waals surface area contributed by atoms with E-state index in [4.69, 9.17) is 15.2 Å². The highest BCUT2D eigenvalue weighted by Gasteiger charge is 2.12. The zero-order chi connectivity index (χ0) is 21.9. The normalized spacial score (nSPS) is 11.3. The Morgan fingerprint density at radius 1 is 1.03 bits per heavy atom. The number of pyridine rings is 1. The van der Waals surface area contributed by atoms with Crippen LogP contribution in [-0.4, -0.2) is 49.2 Å². The second-order valence-corrected chi connectivity index (χ2v) is 6.61. The first-order chi connectivity index (χ1) is 14.4. The fourth-order valence-corrected chi connectivity index (χ4v) is 2.55. The Bertz CT molecular complexity index is 852. The number of carbonyl (C=O) groups is 3. The number of hydrogen-bond acceptors (Lipinski definition) is 8. The molecule has 9 heteroatoms. The van der Waals surface area contributed by atoms with Crippen LogP contribution in [0.25, 0.3) is 0 Å². The number of aromatic nitrogens is 1. The van der Waals surface area contributed by atoms with Gasteiger partial charge in [-0.1, -0.05) is 18.2 Å². The number of nitrogens with zero attached hydrogens (tertiary/aromatic N) is 1. The van der Waals surface area contributed by atoms with Crippen LogP contribution in [-0.2, 0) is 36.7 Å². The van der Waals surface area contributed by atoms with E-state index in [1.165, 1.54) is 13.3 Å². The number of carbonyl (C=O) groups excluding carboxylic acids is 3. The van der Waals surface area contributed by atoms with Gasteiger partial charge < -0.3 is 25.3 Å². The molecule has 1 aromatic carbocycles. The Labute approximate surface area is 174 Å². The lowest BCUT2D eigenvalue weighted by atomic mass is 10.1. The highest BCUT2D eigenvalue weighted by molar-refractivity contribution is 5.81. The van der Waals surface area contributed by atoms with Gasteiger partial charge in [0.2, 0.25) is 0 Å². The zero-order valence-electron chi connectivity index (χ0n) is 16.9. The van der Waals surface area contributed by atoms with Gasteiger partial charge in [-0.3, -0.25) is 9.59 Å². The summed E-state index contributed by atoms with van der Waals surface area (Å²) in [6.07, 6.45) is 2.08. The summed E-state index contributed by atoms with van der Waals surface area (Å²) in [5.41, 5.74) is 7.12. The standard InChI is InChI=1S/C21H25N3O6/c1-14(9-15-3-6-17(7-4-15)29-13-21(27)28-2)24-19(25)12-30-20(26)10-16-5-8-18(22)23-11-16/h3-8,11,14H,9-10,12-13H2,1-2H3,(H2,22,23)(H,24,25). The van der Waals surface area contributed by atoms with Gasteiger partial charge in [-0.05, 0) is 42.7 Å². The first-order valence-electron chi connectivity index (χ1n) is 9.29. The molecule has 0 bridgehead atoms. The Balaban J connectivity index is 1.70. The molecule has 0 radical (unpaired) electrons. The van der Waals surface area contributed by atoms with Crippen LogP contribution in [0, 0.1) is 0 Å². The molecule has 3 N–H and O–H groups in total. The van der Waals surface area contributed by atoms with E-state index in [0.717, 1.165) is 5.56 Å². The quantitative estimate of drug-likeness (QED) is 0.551. The lowest BCUT2D eigenvalue weighted by Gasteiger charge is -2.14. The summed E-state index contributed by atoms with van der Waals surface area (Å²) in [4.78, 5) is 38.8. The van der Waals surface area contributed by atoms with Crippen LogP contribution < -0.4 is 15.8 Å². The van der Waals surface area contributed by atoms with Crippen molar-refractivity contribution < 1.29 is 28.6 Å². The lowest BCUT2D eigenvalue weighted by Crippen LogP contribution is -2.37. The molecule has 0 aliphatic carbocycles. The molecule has 1 unspecified atom stereocenters. The lowest BCUT2D eigenvalue weighted by molar-refractivity contribution is -0.148. The monoisotopic (exact) mass is 415 g/mol. The summed E-state index contributed by atoms with van der Waals surface area (Å²) in [5, 5.41) is 2.78. The molecule has 30 heavy (non-hydrogen) atoms. The number of nitrogen functional groups attached to an aromatic ring is 1. The Kier molecular flexibility index (Phi) is 8.61. The summed E-state index contributed by atoms with van der Waals surface area (Å²) >= 11 is 0. The van der Waals surface area contributed by atoms with Crippen LogP contribution in [0.4, 0.5) is 5.82 Å². The van der Waals surface area contributed by atoms with Gasteiger partial charge >= 0.3 is 11.9 Å². The molecule has 0 aliphatic heterocycles. The third kappa shape index (κ3) is 8.17. The van der Waals surface area contributed by atoms with E-state index in [-0.39, 0.29) is 31.6 Å². The molecular formula is C21H25N3O6. The number of rotatable bonds is 10. The maximum atomic E-state index is 12.0. The van der Waals surface area contributed by atoms with Crippen molar-refractivity contribution in [3.05, 3.63) is 53.7 Å². The topological polar surface area (TPSA) is 130 Å². The molecule has 160 valence electrons. The molecule has 0 spiro atoms. The van der Waals surface area contributed by atoms with E-state index in [1.807, 2.05) is 19.1 Å². The van der Waals surface area contributed by atoms with E-state index >= 15 is 0 Å². The number of methoxy groups -OCH3 is 1. The van der Waals surface area contributed by atoms with Crippen molar-refractivity contribution in [1.29, 1.82) is 0 Å². The molecule has 1 amide bonds. The van der Waals surface area contributed by atoms with Crippen LogP contribution >= 0.6 is 0 Å². The minimum absolute atomic E-state index is 0.0144. The second-order valence-electron chi connectivity index (χ2n) is 6.61. The third-order valence-electron chi connectivity index (χ3n) is 4.02. The number of nitrogens with two attached hydrogens (primary N) is 1. The average Bonchev–Trinajstić information content (AvgIpc) is 2.73. The van der Waals surface area contributed by atoms with Crippen molar-refractivity contribution in [3.8, 4) is 5.75 Å². The van der Waals surface area contributed by atoms with Crippen molar-refractivity contribution in [2.45, 2.75) is 25.8 Å². The summed E-state index contributed by atoms with van der Waals surface area (Å²) in [6, 6.07) is 10.3. The maximum absolute atomic E-state index is 12.0. The van der Waals surface area contributed by atoms with Gasteiger partial charge in [0.25, 0.3) is 5.91 Å². The number of hydrogen-bond donors (Lipinski definition) is 2. The van der Waals surface area contributed by atoms with Crippen molar-refractivity contribution in [2.24, 2.45) is 0 Å². The smallest absolute Gasteiger partial charge is 0.343 e. The van der Waals surface area contributed by atoms with Gasteiger partial charge in [0, 0.05) is 12.2 Å². The SMILES string of the molecule is COC(=O)COc1ccc(CC(C)NC(=O)COC(=O)Cc2ccc(N)nc2)cc1. The van der Waals surface area contributed by atoms with Crippen molar-refractivity contribution in [2.75, 3.05) is 26.1 Å². The van der Waals surface area contributed by atoms with Crippen LogP contribution in [0.15, 0.2) is 42.6 Å². The zero-order valence-corrected chi connectivity index (χ0v) is 16.9. The van der Waals surface area contributed by atoms with Crippen LogP contribution in [0.2, 0.25) is 0 Å². The minimum Gasteiger partial charge on any atom is -0.482 e. The number of amides is 1. The molecule has 0 saturated heterocycles. The van der Waals surface area contributed by atoms with Gasteiger partial charge in [-0.25, -0.2) is 9.78 Å². The molecule has 9 nitrogen and oxygen atoms in total. The molecular weight excluding hydrogens is 390 g/mol. The molecule has 1 atom stereocenters. The number of esters is 2. The summed E-state index contributed by atoms with van der Waals surface area (Å²) < 4.78 is 14.8. The fourth-order valence-electron chi connectivity index (χ4n) is 2.55. The molecule has 0 aliphatic rings. The van der Waals surface area contributed by atoms with Gasteiger partial charge in [0.1, 0.15) is 11.6 Å². The van der Waals surface area contributed by atoms with E-state index in [1.54, 1.807) is 24.3 Å². The minimum atomic E-state index is -0.521. The predicted octanol–water partition coefficient (Wildman–Crippen LogP) is 1.05. The highest BCUT2D eigenvalue weighted by atomic mass is 16.6. The Hall–Kier alpha value is -3.62. The van der Waals surface area contributed by atoms with Gasteiger partial charge in [-0.2, -0.15) is 0 Å². The third-order valence-corrected chi connectivity index (χ3v) is 4.02. The van der Waals surface area contributed by atoms with E-state index < -0.39 is 11.9 Å². The molecule has 1 heterocycles. The maximum Gasteiger partial charge on any atom is 0.343 e. The fraction of sp³-hybridized carbons (Fsp3) is 0.333. The highest BCUT2D eigenvalue weighted by Crippen LogP contribution is 2.13. The Morgan fingerprint density at radius 3 is 2.37 bits per heavy atom. The number of anilines is 1. The van der Waals surface area contributed by atoms with E-state index in [9.17, 15) is 14.4 Å². The average molecular weight is 415 g/mol. The van der Waals surface area contributed by atoms with Crippen molar-refractivity contribution in [1.82, 2.24) is 10.3 Å². The summed E-state index contributed by atoms with van der Waals surface area (Å²) in [7, 11) is 1.29. The van der Waals surface area contributed by atoms with Gasteiger partial charge in [0.15, 0.2) is 13.2 Å². The molecule has 1 aromatic heterocycles. The predicted molar refractivity (Wildman–Crippen MR) is 109 cm³/mol. The first kappa shape index (κ1) is 22.7. The Morgan fingerprint density at radius 2 is 1.73 bits per heavy atom. The summed E-state index contributed by atoms with van der Waals surface area (Å²) in [6.45, 7) is 1.34. The largest absolute Gasteiger partial charge is 0.482 e. The van der Waals surface area contributed by atoms with E-state index in [2.05, 4.69) is 15.0 Å².